The number of nitrogens with zero attached hydrogens (tertiary/aromatic N) is 1. The number of nitro benzene ring substituents is 1. The van der Waals surface area contributed by atoms with E-state index in [1.807, 2.05) is 0 Å². The molecule has 1 aromatic rings. The molecule has 2 N–H and O–H groups in total. The highest BCUT2D eigenvalue weighted by atomic mass is 16.6. The molecular weight excluding hydrogens is 252 g/mol. The first kappa shape index (κ1) is 13.3. The highest BCUT2D eigenvalue weighted by Crippen LogP contribution is 2.30. The minimum absolute atomic E-state index is 0.256. The van der Waals surface area contributed by atoms with Gasteiger partial charge in [0, 0.05) is 18.4 Å². The van der Waals surface area contributed by atoms with Crippen molar-refractivity contribution in [1.82, 2.24) is 0 Å². The maximum atomic E-state index is 12.0. The summed E-state index contributed by atoms with van der Waals surface area (Å²) in [7, 11) is 0. The van der Waals surface area contributed by atoms with Crippen molar-refractivity contribution in [3.8, 4) is 5.75 Å². The van der Waals surface area contributed by atoms with Crippen molar-refractivity contribution in [1.29, 1.82) is 0 Å². The van der Waals surface area contributed by atoms with Crippen molar-refractivity contribution < 1.29 is 19.6 Å². The van der Waals surface area contributed by atoms with Crippen molar-refractivity contribution in [3.63, 3.8) is 0 Å². The fourth-order valence-electron chi connectivity index (χ4n) is 1.97. The molecule has 1 aliphatic heterocycles. The molecule has 2 rings (SSSR count). The van der Waals surface area contributed by atoms with Gasteiger partial charge in [-0.2, -0.15) is 0 Å². The number of hydrogen-bond donors (Lipinski definition) is 2. The number of nitro groups is 1. The van der Waals surface area contributed by atoms with Crippen LogP contribution in [0.1, 0.15) is 19.8 Å². The third-order valence-electron chi connectivity index (χ3n) is 3.13. The molecule has 0 bridgehead atoms. The predicted octanol–water partition coefficient (Wildman–Crippen LogP) is 1.81. The molecule has 1 heterocycles. The van der Waals surface area contributed by atoms with Gasteiger partial charge in [0.05, 0.1) is 4.92 Å². The zero-order valence-electron chi connectivity index (χ0n) is 10.4. The number of phenolic OH excluding ortho intramolecular Hbond substituents is 1. The molecule has 0 spiro atoms. The number of aromatic hydroxyl groups is 1. The van der Waals surface area contributed by atoms with Crippen molar-refractivity contribution >= 4 is 17.3 Å². The van der Waals surface area contributed by atoms with E-state index >= 15 is 0 Å². The summed E-state index contributed by atoms with van der Waals surface area (Å²) < 4.78 is 5.38. The fourth-order valence-corrected chi connectivity index (χ4v) is 1.97. The number of amides is 1. The van der Waals surface area contributed by atoms with Crippen LogP contribution in [0.5, 0.6) is 5.75 Å². The molecule has 0 aliphatic carbocycles. The monoisotopic (exact) mass is 266 g/mol. The van der Waals surface area contributed by atoms with Crippen LogP contribution in [0.2, 0.25) is 0 Å². The van der Waals surface area contributed by atoms with Crippen LogP contribution in [0.25, 0.3) is 0 Å². The van der Waals surface area contributed by atoms with Crippen molar-refractivity contribution in [3.05, 3.63) is 28.3 Å². The SMILES string of the molecule is CC1(C(=O)Nc2ccc(O)c([N+](=O)[O-])c2)CCCO1. The number of ether oxygens (including phenoxy) is 1. The first-order valence-corrected chi connectivity index (χ1v) is 5.85. The summed E-state index contributed by atoms with van der Waals surface area (Å²) in [5.41, 5.74) is -1.09. The van der Waals surface area contributed by atoms with Crippen LogP contribution >= 0.6 is 0 Å². The molecule has 1 fully saturated rings. The predicted molar refractivity (Wildman–Crippen MR) is 67.0 cm³/mol. The average Bonchev–Trinajstić information content (AvgIpc) is 2.79. The van der Waals surface area contributed by atoms with Gasteiger partial charge < -0.3 is 15.2 Å². The molecule has 7 heteroatoms. The van der Waals surface area contributed by atoms with E-state index in [4.69, 9.17) is 4.74 Å². The highest BCUT2D eigenvalue weighted by Gasteiger charge is 2.37. The number of carbonyl (C=O) groups is 1. The summed E-state index contributed by atoms with van der Waals surface area (Å²) in [5, 5.41) is 22.6. The summed E-state index contributed by atoms with van der Waals surface area (Å²) in [6.07, 6.45) is 1.42. The van der Waals surface area contributed by atoms with E-state index in [-0.39, 0.29) is 11.6 Å². The first-order valence-electron chi connectivity index (χ1n) is 5.85. The van der Waals surface area contributed by atoms with Gasteiger partial charge in [0.15, 0.2) is 5.75 Å². The van der Waals surface area contributed by atoms with Crippen LogP contribution in [-0.2, 0) is 9.53 Å². The van der Waals surface area contributed by atoms with E-state index in [0.29, 0.717) is 13.0 Å². The highest BCUT2D eigenvalue weighted by molar-refractivity contribution is 5.97. The number of anilines is 1. The quantitative estimate of drug-likeness (QED) is 0.493. The Morgan fingerprint density at radius 1 is 1.58 bits per heavy atom. The van der Waals surface area contributed by atoms with E-state index < -0.39 is 22.0 Å². The Morgan fingerprint density at radius 3 is 2.89 bits per heavy atom. The van der Waals surface area contributed by atoms with Crippen LogP contribution < -0.4 is 5.32 Å². The number of nitrogens with one attached hydrogen (secondary N) is 1. The van der Waals surface area contributed by atoms with Gasteiger partial charge in [-0.3, -0.25) is 14.9 Å². The molecule has 7 nitrogen and oxygen atoms in total. The Balaban J connectivity index is 2.17. The third kappa shape index (κ3) is 2.65. The van der Waals surface area contributed by atoms with Gasteiger partial charge in [-0.05, 0) is 31.9 Å². The van der Waals surface area contributed by atoms with Crippen LogP contribution in [-0.4, -0.2) is 28.1 Å². The standard InChI is InChI=1S/C12H14N2O5/c1-12(5-2-6-19-12)11(16)13-8-3-4-10(15)9(7-8)14(17)18/h3-4,7,15H,2,5-6H2,1H3,(H,13,16). The third-order valence-corrected chi connectivity index (χ3v) is 3.13. The summed E-state index contributed by atoms with van der Waals surface area (Å²) in [4.78, 5) is 22.0. The molecule has 0 radical (unpaired) electrons. The van der Waals surface area contributed by atoms with Gasteiger partial charge in [-0.1, -0.05) is 0 Å². The van der Waals surface area contributed by atoms with Gasteiger partial charge >= 0.3 is 5.69 Å². The van der Waals surface area contributed by atoms with E-state index in [0.717, 1.165) is 12.5 Å². The molecule has 1 amide bonds. The second-order valence-electron chi connectivity index (χ2n) is 4.60. The van der Waals surface area contributed by atoms with Crippen LogP contribution in [0.15, 0.2) is 18.2 Å². The molecule has 102 valence electrons. The number of hydrogen-bond acceptors (Lipinski definition) is 5. The Morgan fingerprint density at radius 2 is 2.32 bits per heavy atom. The van der Waals surface area contributed by atoms with Crippen LogP contribution in [0.3, 0.4) is 0 Å². The number of rotatable bonds is 3. The molecule has 1 saturated heterocycles. The van der Waals surface area contributed by atoms with E-state index in [1.165, 1.54) is 12.1 Å². The molecule has 0 aromatic heterocycles. The summed E-state index contributed by atoms with van der Waals surface area (Å²) in [6.45, 7) is 2.21. The minimum atomic E-state index is -0.896. The largest absolute Gasteiger partial charge is 0.502 e. The van der Waals surface area contributed by atoms with Gasteiger partial charge in [-0.15, -0.1) is 0 Å². The number of carbonyl (C=O) groups excluding carboxylic acids is 1. The summed E-state index contributed by atoms with van der Waals surface area (Å²) in [5.74, 6) is -0.781. The number of phenols is 1. The second-order valence-corrected chi connectivity index (χ2v) is 4.60. The lowest BCUT2D eigenvalue weighted by molar-refractivity contribution is -0.385. The zero-order chi connectivity index (χ0) is 14.0. The smallest absolute Gasteiger partial charge is 0.312 e. The Hall–Kier alpha value is -2.15. The maximum absolute atomic E-state index is 12.0. The second kappa shape index (κ2) is 4.85. The molecule has 1 aliphatic rings. The van der Waals surface area contributed by atoms with Crippen molar-refractivity contribution in [2.24, 2.45) is 0 Å². The Kier molecular flexibility index (Phi) is 3.39. The van der Waals surface area contributed by atoms with Crippen molar-refractivity contribution in [2.75, 3.05) is 11.9 Å². The lowest BCUT2D eigenvalue weighted by atomic mass is 10.0. The van der Waals surface area contributed by atoms with Gasteiger partial charge in [-0.25, -0.2) is 0 Å². The van der Waals surface area contributed by atoms with Gasteiger partial charge in [0.1, 0.15) is 5.60 Å². The molecule has 0 saturated carbocycles. The molecular formula is C12H14N2O5. The molecule has 1 aromatic carbocycles. The van der Waals surface area contributed by atoms with E-state index in [2.05, 4.69) is 5.32 Å². The Bertz CT molecular complexity index is 523. The van der Waals surface area contributed by atoms with Gasteiger partial charge in [0.2, 0.25) is 0 Å². The average molecular weight is 266 g/mol. The van der Waals surface area contributed by atoms with Crippen molar-refractivity contribution in [2.45, 2.75) is 25.4 Å². The van der Waals surface area contributed by atoms with E-state index in [9.17, 15) is 20.0 Å². The lowest BCUT2D eigenvalue weighted by Gasteiger charge is -2.21. The summed E-state index contributed by atoms with van der Waals surface area (Å²) in [6, 6.07) is 3.69. The maximum Gasteiger partial charge on any atom is 0.312 e. The van der Waals surface area contributed by atoms with Crippen LogP contribution in [0.4, 0.5) is 11.4 Å². The Labute approximate surface area is 109 Å². The topological polar surface area (TPSA) is 102 Å². The molecule has 1 unspecified atom stereocenters. The van der Waals surface area contributed by atoms with E-state index in [1.54, 1.807) is 6.92 Å². The lowest BCUT2D eigenvalue weighted by Crippen LogP contribution is -2.39. The molecule has 19 heavy (non-hydrogen) atoms. The zero-order valence-corrected chi connectivity index (χ0v) is 10.4. The summed E-state index contributed by atoms with van der Waals surface area (Å²) >= 11 is 0. The number of benzene rings is 1. The minimum Gasteiger partial charge on any atom is -0.502 e. The van der Waals surface area contributed by atoms with Gasteiger partial charge in [0.25, 0.3) is 5.91 Å². The first-order chi connectivity index (χ1) is 8.92. The molecule has 1 atom stereocenters. The fraction of sp³-hybridized carbons (Fsp3) is 0.417. The van der Waals surface area contributed by atoms with Crippen LogP contribution in [0, 0.1) is 10.1 Å². The normalized spacial score (nSPS) is 22.2.